The highest BCUT2D eigenvalue weighted by molar-refractivity contribution is 7.99. The number of halogens is 3. The van der Waals surface area contributed by atoms with Crippen molar-refractivity contribution in [1.82, 2.24) is 0 Å². The molecule has 0 spiro atoms. The predicted molar refractivity (Wildman–Crippen MR) is 258 cm³/mol. The van der Waals surface area contributed by atoms with Crippen molar-refractivity contribution in [2.75, 3.05) is 12.4 Å². The van der Waals surface area contributed by atoms with Gasteiger partial charge in [-0.05, 0) is 122 Å². The lowest BCUT2D eigenvalue weighted by Crippen LogP contribution is -2.04. The normalized spacial score (nSPS) is 10.4. The van der Waals surface area contributed by atoms with Crippen LogP contribution in [0, 0.1) is 17.5 Å². The van der Waals surface area contributed by atoms with Crippen LogP contribution >= 0.6 is 11.8 Å². The number of aliphatic hydroxyl groups excluding tert-OH is 1. The van der Waals surface area contributed by atoms with Gasteiger partial charge in [0, 0.05) is 41.5 Å². The van der Waals surface area contributed by atoms with Crippen molar-refractivity contribution in [3.63, 3.8) is 0 Å². The monoisotopic (exact) mass is 888 g/mol. The summed E-state index contributed by atoms with van der Waals surface area (Å²) in [6.07, 6.45) is 9.74. The minimum absolute atomic E-state index is 0. The molecule has 338 valence electrons. The number of hydrogen-bond acceptors (Lipinski definition) is 5. The third-order valence-electron chi connectivity index (χ3n) is 10.4. The zero-order chi connectivity index (χ0) is 45.2. The van der Waals surface area contributed by atoms with E-state index < -0.39 is 24.1 Å². The van der Waals surface area contributed by atoms with Crippen LogP contribution in [0.5, 0.6) is 0 Å². The van der Waals surface area contributed by atoms with Gasteiger partial charge in [0.25, 0.3) is 0 Å². The van der Waals surface area contributed by atoms with E-state index >= 15 is 0 Å². The first-order valence-corrected chi connectivity index (χ1v) is 22.8. The fourth-order valence-electron chi connectivity index (χ4n) is 6.74. The summed E-state index contributed by atoms with van der Waals surface area (Å²) < 4.78 is 39.4. The Labute approximate surface area is 383 Å². The number of Topliss-reactive ketones (excluding diaryl/α,β-unsaturated/α-hetero) is 3. The van der Waals surface area contributed by atoms with Gasteiger partial charge in [-0.25, -0.2) is 13.2 Å². The van der Waals surface area contributed by atoms with Gasteiger partial charge in [-0.2, -0.15) is 0 Å². The number of carbonyl (C=O) groups is 3. The first-order chi connectivity index (χ1) is 30.5. The molecular weight excluding hydrogens is 826 g/mol. The molecule has 0 aliphatic carbocycles. The van der Waals surface area contributed by atoms with Crippen molar-refractivity contribution in [3.05, 3.63) is 208 Å². The largest absolute Gasteiger partial charge is 0.388 e. The lowest BCUT2D eigenvalue weighted by atomic mass is 10.0. The number of aryl methyl sites for hydroxylation is 6. The quantitative estimate of drug-likeness (QED) is 0.0337. The minimum Gasteiger partial charge on any atom is -0.388 e. The van der Waals surface area contributed by atoms with Crippen LogP contribution in [0.25, 0.3) is 0 Å². The van der Waals surface area contributed by atoms with Gasteiger partial charge >= 0.3 is 0 Å². The molecule has 0 unspecified atom stereocenters. The molecule has 6 rings (SSSR count). The van der Waals surface area contributed by atoms with E-state index in [-0.39, 0.29) is 24.6 Å². The Hall–Kier alpha value is -5.57. The minimum atomic E-state index is -1.16. The number of rotatable bonds is 21. The van der Waals surface area contributed by atoms with E-state index in [9.17, 15) is 27.6 Å². The topological polar surface area (TPSA) is 71.4 Å². The highest BCUT2D eigenvalue weighted by atomic mass is 32.2. The van der Waals surface area contributed by atoms with Gasteiger partial charge in [0.15, 0.2) is 17.4 Å². The molecule has 0 radical (unpaired) electrons. The Kier molecular flexibility index (Phi) is 24.5. The van der Waals surface area contributed by atoms with Crippen LogP contribution in [0.4, 0.5) is 13.2 Å². The molecule has 0 aliphatic rings. The first-order valence-electron chi connectivity index (χ1n) is 21.8. The lowest BCUT2D eigenvalue weighted by molar-refractivity contribution is -0.119. The van der Waals surface area contributed by atoms with Crippen LogP contribution in [-0.2, 0) is 54.5 Å². The van der Waals surface area contributed by atoms with E-state index in [0.29, 0.717) is 49.5 Å². The Balaban J connectivity index is 0.000000254. The van der Waals surface area contributed by atoms with Gasteiger partial charge in [0.05, 0.1) is 0 Å². The number of ketones is 3. The summed E-state index contributed by atoms with van der Waals surface area (Å²) in [5.41, 5.74) is 8.18. The number of hydrogen-bond donors (Lipinski definition) is 1. The summed E-state index contributed by atoms with van der Waals surface area (Å²) in [7, 11) is 0. The summed E-state index contributed by atoms with van der Waals surface area (Å²) in [5.74, 6) is -1.60. The maximum Gasteiger partial charge on any atom is 0.188 e. The second kappa shape index (κ2) is 29.7. The van der Waals surface area contributed by atoms with E-state index in [1.807, 2.05) is 73.3 Å². The Morgan fingerprint density at radius 2 is 1.00 bits per heavy atom. The van der Waals surface area contributed by atoms with E-state index in [1.165, 1.54) is 33.6 Å². The molecule has 0 aliphatic heterocycles. The zero-order valence-electron chi connectivity index (χ0n) is 36.5. The maximum atomic E-state index is 13.5. The molecule has 0 saturated carbocycles. The molecule has 0 amide bonds. The smallest absolute Gasteiger partial charge is 0.188 e. The summed E-state index contributed by atoms with van der Waals surface area (Å²) in [5, 5.41) is 8.77. The van der Waals surface area contributed by atoms with E-state index in [1.54, 1.807) is 19.1 Å². The molecule has 6 aromatic carbocycles. The van der Waals surface area contributed by atoms with E-state index in [2.05, 4.69) is 66.7 Å². The van der Waals surface area contributed by atoms with Crippen molar-refractivity contribution < 1.29 is 32.7 Å². The van der Waals surface area contributed by atoms with Gasteiger partial charge in [-0.15, -0.1) is 11.8 Å². The fourth-order valence-corrected chi connectivity index (χ4v) is 7.66. The van der Waals surface area contributed by atoms with Gasteiger partial charge in [-0.1, -0.05) is 136 Å². The lowest BCUT2D eigenvalue weighted by Gasteiger charge is -2.06. The number of unbranched alkanes of at least 4 members (excludes halogenated alkanes) is 1. The maximum absolute atomic E-state index is 13.5. The van der Waals surface area contributed by atoms with Crippen LogP contribution in [0.1, 0.15) is 103 Å². The van der Waals surface area contributed by atoms with Crippen molar-refractivity contribution >= 4 is 29.1 Å². The molecule has 0 aromatic heterocycles. The summed E-state index contributed by atoms with van der Waals surface area (Å²) >= 11 is 1.82. The van der Waals surface area contributed by atoms with Crippen LogP contribution in [0.3, 0.4) is 0 Å². The van der Waals surface area contributed by atoms with Crippen molar-refractivity contribution in [2.24, 2.45) is 0 Å². The molecule has 0 fully saturated rings. The van der Waals surface area contributed by atoms with Crippen molar-refractivity contribution in [2.45, 2.75) is 103 Å². The van der Waals surface area contributed by atoms with E-state index in [4.69, 9.17) is 5.11 Å². The first kappa shape index (κ1) is 52.8. The van der Waals surface area contributed by atoms with Gasteiger partial charge < -0.3 is 5.11 Å². The Morgan fingerprint density at radius 1 is 0.531 bits per heavy atom. The molecule has 6 aromatic rings. The van der Waals surface area contributed by atoms with Crippen LogP contribution < -0.4 is 0 Å². The molecule has 0 atom stereocenters. The SMILES string of the molecule is C.CC(=O)Cc1ccc(CCCCc2cc(F)c(F)cc2F)cc1.CCC(=O)CCc1ccc(CCCc2ccccc2)cc1.O=C(CO)c1ccc(CCSc2ccccc2)cc1. The van der Waals surface area contributed by atoms with Crippen LogP contribution in [0.2, 0.25) is 0 Å². The van der Waals surface area contributed by atoms with Crippen LogP contribution in [-0.4, -0.2) is 34.8 Å². The van der Waals surface area contributed by atoms with E-state index in [0.717, 1.165) is 61.5 Å². The third-order valence-corrected chi connectivity index (χ3v) is 11.4. The standard InChI is InChI=1S/C20H24O.C19H19F3O.C16H16O2S.CH4/c1-2-20(21)16-15-19-13-11-18(12-14-19)10-6-9-17-7-4-3-5-8-17;1-13(23)10-15-8-6-14(7-9-15)4-2-3-5-16-11-18(21)19(22)12-17(16)20;17-12-16(18)14-8-6-13(7-9-14)10-11-19-15-4-2-1-3-5-15;/h3-5,7-8,11-14H,2,6,9-10,15-16H2,1H3;6-9,11-12H,2-5,10H2,1H3;1-9,17H,10-12H2;1H4. The summed E-state index contributed by atoms with van der Waals surface area (Å²) in [6, 6.07) is 46.5. The second-order valence-electron chi connectivity index (χ2n) is 15.5. The second-order valence-corrected chi connectivity index (χ2v) is 16.7. The number of thioether (sulfide) groups is 1. The van der Waals surface area contributed by atoms with Crippen LogP contribution in [0.15, 0.2) is 150 Å². The molecular formula is C56H63F3O4S. The highest BCUT2D eigenvalue weighted by Gasteiger charge is 2.10. The molecule has 4 nitrogen and oxygen atoms in total. The molecule has 8 heteroatoms. The zero-order valence-corrected chi connectivity index (χ0v) is 37.3. The third kappa shape index (κ3) is 20.3. The molecule has 0 heterocycles. The number of carbonyl (C=O) groups excluding carboxylic acids is 3. The fraction of sp³-hybridized carbons (Fsp3) is 0.304. The molecule has 1 N–H and O–H groups in total. The number of benzene rings is 6. The molecule has 0 saturated heterocycles. The van der Waals surface area contributed by atoms with Gasteiger partial charge in [0.2, 0.25) is 0 Å². The van der Waals surface area contributed by atoms with Crippen molar-refractivity contribution in [1.29, 1.82) is 0 Å². The Bertz CT molecular complexity index is 2260. The molecule has 64 heavy (non-hydrogen) atoms. The van der Waals surface area contributed by atoms with Gasteiger partial charge in [0.1, 0.15) is 24.0 Å². The summed E-state index contributed by atoms with van der Waals surface area (Å²) in [6.45, 7) is 3.06. The Morgan fingerprint density at radius 3 is 1.56 bits per heavy atom. The predicted octanol–water partition coefficient (Wildman–Crippen LogP) is 13.4. The van der Waals surface area contributed by atoms with Gasteiger partial charge in [-0.3, -0.25) is 14.4 Å². The average molecular weight is 889 g/mol. The summed E-state index contributed by atoms with van der Waals surface area (Å²) in [4.78, 5) is 34.9. The average Bonchev–Trinajstić information content (AvgIpc) is 3.30. The molecule has 0 bridgehead atoms. The van der Waals surface area contributed by atoms with Crippen molar-refractivity contribution in [3.8, 4) is 0 Å². The number of aliphatic hydroxyl groups is 1. The highest BCUT2D eigenvalue weighted by Crippen LogP contribution is 2.20.